The van der Waals surface area contributed by atoms with Crippen molar-refractivity contribution in [2.45, 2.75) is 18.7 Å². The fraction of sp³-hybridized carbons (Fsp3) is 0.200. The third-order valence-electron chi connectivity index (χ3n) is 3.90. The number of ether oxygens (including phenoxy) is 1. The molecule has 0 saturated heterocycles. The molecule has 3 rings (SSSR count). The van der Waals surface area contributed by atoms with Gasteiger partial charge in [0.05, 0.1) is 12.0 Å². The summed E-state index contributed by atoms with van der Waals surface area (Å²) in [4.78, 5) is 28.3. The first kappa shape index (κ1) is 17.3. The van der Waals surface area contributed by atoms with Crippen LogP contribution in [0.3, 0.4) is 0 Å². The molecule has 0 aliphatic carbocycles. The molecule has 0 fully saturated rings. The van der Waals surface area contributed by atoms with Gasteiger partial charge < -0.3 is 4.74 Å². The first-order valence-corrected chi connectivity index (χ1v) is 8.83. The van der Waals surface area contributed by atoms with Crippen LogP contribution in [0.15, 0.2) is 64.5 Å². The van der Waals surface area contributed by atoms with Crippen molar-refractivity contribution in [1.82, 2.24) is 0 Å². The number of amides is 1. The molecule has 0 saturated carbocycles. The van der Waals surface area contributed by atoms with Gasteiger partial charge in [0.15, 0.2) is 0 Å². The maximum atomic E-state index is 12.7. The van der Waals surface area contributed by atoms with Crippen LogP contribution in [0.4, 0.5) is 5.69 Å². The predicted octanol–water partition coefficient (Wildman–Crippen LogP) is 4.51. The lowest BCUT2D eigenvalue weighted by molar-refractivity contribution is -0.120. The number of carbonyl (C=O) groups excluding carboxylic acids is 2. The van der Waals surface area contributed by atoms with Gasteiger partial charge in [-0.3, -0.25) is 14.5 Å². The Kier molecular flexibility index (Phi) is 4.95. The Bertz CT molecular complexity index is 840. The van der Waals surface area contributed by atoms with Gasteiger partial charge >= 0.3 is 0 Å². The monoisotopic (exact) mass is 353 g/mol. The van der Waals surface area contributed by atoms with Gasteiger partial charge in [0.2, 0.25) is 11.7 Å². The van der Waals surface area contributed by atoms with Crippen molar-refractivity contribution in [3.8, 4) is 5.75 Å². The zero-order valence-electron chi connectivity index (χ0n) is 14.4. The molecule has 2 aromatic carbocycles. The molecule has 0 aromatic heterocycles. The highest BCUT2D eigenvalue weighted by molar-refractivity contribution is 8.04. The average Bonchev–Trinajstić information content (AvgIpc) is 2.95. The fourth-order valence-corrected chi connectivity index (χ4v) is 3.54. The van der Waals surface area contributed by atoms with Gasteiger partial charge in [0.25, 0.3) is 0 Å². The molecule has 1 heterocycles. The van der Waals surface area contributed by atoms with Crippen LogP contribution in [-0.2, 0) is 4.79 Å². The highest BCUT2D eigenvalue weighted by atomic mass is 32.2. The molecule has 5 heteroatoms. The third-order valence-corrected chi connectivity index (χ3v) is 4.99. The summed E-state index contributed by atoms with van der Waals surface area (Å²) in [5.74, 6) is 0.410. The molecule has 128 valence electrons. The van der Waals surface area contributed by atoms with Crippen molar-refractivity contribution in [1.29, 1.82) is 0 Å². The van der Waals surface area contributed by atoms with Gasteiger partial charge in [0, 0.05) is 28.3 Å². The maximum Gasteiger partial charge on any atom is 0.233 e. The number of nitrogens with zero attached hydrogens (tertiary/aromatic N) is 1. The van der Waals surface area contributed by atoms with E-state index in [9.17, 15) is 9.59 Å². The third kappa shape index (κ3) is 3.46. The normalized spacial score (nSPS) is 14.7. The largest absolute Gasteiger partial charge is 0.497 e. The first-order chi connectivity index (χ1) is 12.0. The standard InChI is InChI=1S/C20H19NO3S/c1-13(2)20(23)21(14-8-10-15(24-3)11-9-14)12-18-19(22)16-6-4-5-7-17(16)25-18/h4-13H,1-3H3/b18-12-. The van der Waals surface area contributed by atoms with Crippen molar-refractivity contribution in [3.05, 3.63) is 65.2 Å². The second-order valence-corrected chi connectivity index (χ2v) is 7.07. The fourth-order valence-electron chi connectivity index (χ4n) is 2.53. The molecule has 0 spiro atoms. The summed E-state index contributed by atoms with van der Waals surface area (Å²) in [5.41, 5.74) is 1.39. The van der Waals surface area contributed by atoms with Crippen molar-refractivity contribution >= 4 is 29.1 Å². The van der Waals surface area contributed by atoms with Gasteiger partial charge in [-0.25, -0.2) is 0 Å². The number of methoxy groups -OCH3 is 1. The maximum absolute atomic E-state index is 12.7. The predicted molar refractivity (Wildman–Crippen MR) is 100 cm³/mol. The van der Waals surface area contributed by atoms with Crippen LogP contribution in [0.2, 0.25) is 0 Å². The van der Waals surface area contributed by atoms with Crippen molar-refractivity contribution in [2.24, 2.45) is 5.92 Å². The lowest BCUT2D eigenvalue weighted by atomic mass is 10.1. The van der Waals surface area contributed by atoms with E-state index in [2.05, 4.69) is 0 Å². The molecule has 2 aromatic rings. The summed E-state index contributed by atoms with van der Waals surface area (Å²) in [6, 6.07) is 14.7. The second-order valence-electron chi connectivity index (χ2n) is 5.98. The Balaban J connectivity index is 1.98. The molecule has 0 N–H and O–H groups in total. The molecular formula is C20H19NO3S. The number of benzene rings is 2. The number of rotatable bonds is 4. The number of hydrogen-bond donors (Lipinski definition) is 0. The summed E-state index contributed by atoms with van der Waals surface area (Å²) in [7, 11) is 1.60. The molecule has 1 aliphatic rings. The Morgan fingerprint density at radius 2 is 1.80 bits per heavy atom. The molecule has 4 nitrogen and oxygen atoms in total. The van der Waals surface area contributed by atoms with E-state index in [1.165, 1.54) is 11.8 Å². The number of ketones is 1. The Labute approximate surface area is 151 Å². The number of fused-ring (bicyclic) bond motifs is 1. The van der Waals surface area contributed by atoms with Crippen molar-refractivity contribution in [2.75, 3.05) is 12.0 Å². The molecule has 0 bridgehead atoms. The van der Waals surface area contributed by atoms with E-state index >= 15 is 0 Å². The van der Waals surface area contributed by atoms with Gasteiger partial charge in [-0.1, -0.05) is 37.7 Å². The van der Waals surface area contributed by atoms with Gasteiger partial charge in [-0.15, -0.1) is 0 Å². The van der Waals surface area contributed by atoms with Crippen LogP contribution >= 0.6 is 11.8 Å². The van der Waals surface area contributed by atoms with E-state index in [1.54, 1.807) is 30.3 Å². The van der Waals surface area contributed by atoms with E-state index in [4.69, 9.17) is 4.74 Å². The quantitative estimate of drug-likeness (QED) is 0.759. The van der Waals surface area contributed by atoms with Crippen molar-refractivity contribution < 1.29 is 14.3 Å². The van der Waals surface area contributed by atoms with Crippen LogP contribution < -0.4 is 9.64 Å². The Morgan fingerprint density at radius 1 is 1.12 bits per heavy atom. The van der Waals surface area contributed by atoms with E-state index in [-0.39, 0.29) is 17.6 Å². The Morgan fingerprint density at radius 3 is 2.40 bits per heavy atom. The van der Waals surface area contributed by atoms with Crippen LogP contribution in [0, 0.1) is 5.92 Å². The summed E-state index contributed by atoms with van der Waals surface area (Å²) >= 11 is 1.40. The van der Waals surface area contributed by atoms with E-state index in [0.29, 0.717) is 21.9 Å². The number of Topliss-reactive ketones (excluding diaryl/α,β-unsaturated/α-hetero) is 1. The topological polar surface area (TPSA) is 46.6 Å². The zero-order valence-corrected chi connectivity index (χ0v) is 15.2. The molecule has 1 amide bonds. The molecule has 0 unspecified atom stereocenters. The van der Waals surface area contributed by atoms with E-state index < -0.39 is 0 Å². The molecule has 0 radical (unpaired) electrons. The number of hydrogen-bond acceptors (Lipinski definition) is 4. The molecule has 0 atom stereocenters. The van der Waals surface area contributed by atoms with Crippen molar-refractivity contribution in [3.63, 3.8) is 0 Å². The van der Waals surface area contributed by atoms with Crippen LogP contribution in [0.1, 0.15) is 24.2 Å². The minimum atomic E-state index is -0.192. The van der Waals surface area contributed by atoms with E-state index in [0.717, 1.165) is 4.90 Å². The lowest BCUT2D eigenvalue weighted by Crippen LogP contribution is -2.30. The number of anilines is 1. The Hall–Kier alpha value is -2.53. The second kappa shape index (κ2) is 7.15. The number of carbonyl (C=O) groups is 2. The highest BCUT2D eigenvalue weighted by Gasteiger charge is 2.28. The average molecular weight is 353 g/mol. The van der Waals surface area contributed by atoms with Crippen LogP contribution in [0.25, 0.3) is 0 Å². The lowest BCUT2D eigenvalue weighted by Gasteiger charge is -2.21. The molecule has 25 heavy (non-hydrogen) atoms. The highest BCUT2D eigenvalue weighted by Crippen LogP contribution is 2.40. The van der Waals surface area contributed by atoms with Crippen LogP contribution in [-0.4, -0.2) is 18.8 Å². The SMILES string of the molecule is COc1ccc(N(/C=C2\Sc3ccccc3C2=O)C(=O)C(C)C)cc1. The zero-order chi connectivity index (χ0) is 18.0. The minimum Gasteiger partial charge on any atom is -0.497 e. The summed E-state index contributed by atoms with van der Waals surface area (Å²) in [6.07, 6.45) is 1.65. The summed E-state index contributed by atoms with van der Waals surface area (Å²) in [6.45, 7) is 3.69. The smallest absolute Gasteiger partial charge is 0.233 e. The van der Waals surface area contributed by atoms with Crippen LogP contribution in [0.5, 0.6) is 5.75 Å². The first-order valence-electron chi connectivity index (χ1n) is 8.02. The minimum absolute atomic E-state index is 0.0457. The van der Waals surface area contributed by atoms with Gasteiger partial charge in [0.1, 0.15) is 5.75 Å². The van der Waals surface area contributed by atoms with Gasteiger partial charge in [-0.2, -0.15) is 0 Å². The van der Waals surface area contributed by atoms with E-state index in [1.807, 2.05) is 50.2 Å². The summed E-state index contributed by atoms with van der Waals surface area (Å²) < 4.78 is 5.17. The van der Waals surface area contributed by atoms with Gasteiger partial charge in [-0.05, 0) is 36.4 Å². The molecular weight excluding hydrogens is 334 g/mol. The number of thioether (sulfide) groups is 1. The molecule has 1 aliphatic heterocycles. The number of allylic oxidation sites excluding steroid dienone is 1. The summed E-state index contributed by atoms with van der Waals surface area (Å²) in [5, 5.41) is 0.